The average Bonchev–Trinajstić information content (AvgIpc) is 3.44. The number of sulfonamides is 1. The second kappa shape index (κ2) is 9.43. The lowest BCUT2D eigenvalue weighted by Gasteiger charge is -2.30. The molecule has 0 unspecified atom stereocenters. The van der Waals surface area contributed by atoms with Crippen molar-refractivity contribution in [3.63, 3.8) is 0 Å². The molecule has 1 saturated heterocycles. The van der Waals surface area contributed by atoms with Crippen molar-refractivity contribution in [2.75, 3.05) is 13.1 Å². The number of hydrogen-bond acceptors (Lipinski definition) is 4. The van der Waals surface area contributed by atoms with Crippen LogP contribution in [0.25, 0.3) is 11.0 Å². The third kappa shape index (κ3) is 4.73. The number of thioether (sulfide) groups is 1. The first-order valence-corrected chi connectivity index (χ1v) is 14.5. The van der Waals surface area contributed by atoms with Gasteiger partial charge in [-0.25, -0.2) is 13.4 Å². The van der Waals surface area contributed by atoms with Gasteiger partial charge in [0.05, 0.1) is 15.9 Å². The number of aromatic nitrogens is 2. The summed E-state index contributed by atoms with van der Waals surface area (Å²) in [7, 11) is -3.49. The van der Waals surface area contributed by atoms with E-state index in [0.29, 0.717) is 29.9 Å². The Kier molecular flexibility index (Phi) is 6.56. The van der Waals surface area contributed by atoms with Crippen LogP contribution in [0.5, 0.6) is 0 Å². The van der Waals surface area contributed by atoms with E-state index in [1.54, 1.807) is 28.2 Å². The van der Waals surface area contributed by atoms with Crippen molar-refractivity contribution in [2.45, 2.75) is 74.2 Å². The van der Waals surface area contributed by atoms with Gasteiger partial charge in [0, 0.05) is 24.9 Å². The number of aryl methyl sites for hydroxylation is 1. The van der Waals surface area contributed by atoms with Crippen LogP contribution in [0.4, 0.5) is 0 Å². The molecule has 1 atom stereocenters. The van der Waals surface area contributed by atoms with E-state index in [1.165, 1.54) is 24.0 Å². The molecule has 0 N–H and O–H groups in total. The van der Waals surface area contributed by atoms with Gasteiger partial charge in [-0.3, -0.25) is 0 Å². The molecule has 1 saturated carbocycles. The van der Waals surface area contributed by atoms with Gasteiger partial charge in [-0.05, 0) is 62.3 Å². The van der Waals surface area contributed by atoms with Crippen LogP contribution in [0.2, 0.25) is 0 Å². The van der Waals surface area contributed by atoms with Crippen molar-refractivity contribution in [3.8, 4) is 0 Å². The molecule has 2 heterocycles. The van der Waals surface area contributed by atoms with Crippen LogP contribution in [0.3, 0.4) is 0 Å². The van der Waals surface area contributed by atoms with Gasteiger partial charge in [-0.15, -0.1) is 0 Å². The lowest BCUT2D eigenvalue weighted by atomic mass is 10.0. The average molecular weight is 484 g/mol. The molecule has 0 amide bonds. The Morgan fingerprint density at radius 2 is 1.88 bits per heavy atom. The summed E-state index contributed by atoms with van der Waals surface area (Å²) in [4.78, 5) is 5.34. The maximum absolute atomic E-state index is 13.4. The minimum absolute atomic E-state index is 0.371. The summed E-state index contributed by atoms with van der Waals surface area (Å²) < 4.78 is 30.7. The van der Waals surface area contributed by atoms with Gasteiger partial charge in [0.1, 0.15) is 0 Å². The topological polar surface area (TPSA) is 55.2 Å². The molecule has 0 spiro atoms. The number of fused-ring (bicyclic) bond motifs is 1. The molecule has 0 bridgehead atoms. The second-order valence-electron chi connectivity index (χ2n) is 9.74. The largest absolute Gasteiger partial charge is 0.316 e. The fourth-order valence-electron chi connectivity index (χ4n) is 5.30. The summed E-state index contributed by atoms with van der Waals surface area (Å²) in [6.45, 7) is 5.46. The first-order valence-electron chi connectivity index (χ1n) is 12.1. The molecule has 1 aromatic heterocycles. The Hall–Kier alpha value is -1.83. The number of piperidine rings is 1. The summed E-state index contributed by atoms with van der Waals surface area (Å²) in [6.07, 6.45) is 6.83. The van der Waals surface area contributed by atoms with E-state index in [-0.39, 0.29) is 0 Å². The van der Waals surface area contributed by atoms with Crippen LogP contribution in [-0.2, 0) is 15.8 Å². The standard InChI is InChI=1S/C26H33N3O2S2/c1-19-7-5-9-21(15-19)18-32-26-27-24-16-23(33(30,31)28-14-6-8-20(2)17-28)12-13-25(24)29(26)22-10-3-4-11-22/h5,7,9,12-13,15-16,20,22H,3-4,6,8,10-11,14,17-18H2,1-2H3/t20-/m1/s1. The van der Waals surface area contributed by atoms with Crippen LogP contribution in [0.1, 0.15) is 62.6 Å². The van der Waals surface area contributed by atoms with Gasteiger partial charge in [-0.2, -0.15) is 4.31 Å². The number of nitrogens with zero attached hydrogens (tertiary/aromatic N) is 3. The van der Waals surface area contributed by atoms with E-state index in [9.17, 15) is 8.42 Å². The van der Waals surface area contributed by atoms with Crippen molar-refractivity contribution in [2.24, 2.45) is 5.92 Å². The zero-order valence-electron chi connectivity index (χ0n) is 19.5. The predicted octanol–water partition coefficient (Wildman–Crippen LogP) is 6.17. The highest BCUT2D eigenvalue weighted by atomic mass is 32.2. The summed E-state index contributed by atoms with van der Waals surface area (Å²) in [5.41, 5.74) is 4.39. The molecule has 1 aliphatic heterocycles. The van der Waals surface area contributed by atoms with Gasteiger partial charge < -0.3 is 4.57 Å². The molecule has 3 aromatic rings. The molecular weight excluding hydrogens is 450 g/mol. The van der Waals surface area contributed by atoms with Crippen molar-refractivity contribution >= 4 is 32.8 Å². The molecule has 5 nitrogen and oxygen atoms in total. The highest BCUT2D eigenvalue weighted by Crippen LogP contribution is 2.38. The van der Waals surface area contributed by atoms with E-state index in [0.717, 1.165) is 47.6 Å². The Balaban J connectivity index is 1.49. The zero-order chi connectivity index (χ0) is 23.0. The molecule has 5 rings (SSSR count). The monoisotopic (exact) mass is 483 g/mol. The molecule has 0 radical (unpaired) electrons. The SMILES string of the molecule is Cc1cccc(CSc2nc3cc(S(=O)(=O)N4CCC[C@@H](C)C4)ccc3n2C2CCCC2)c1. The van der Waals surface area contributed by atoms with E-state index in [1.807, 2.05) is 6.07 Å². The van der Waals surface area contributed by atoms with Crippen molar-refractivity contribution < 1.29 is 8.42 Å². The highest BCUT2D eigenvalue weighted by Gasteiger charge is 2.30. The molecule has 1 aliphatic carbocycles. The maximum Gasteiger partial charge on any atom is 0.243 e. The third-order valence-electron chi connectivity index (χ3n) is 7.03. The van der Waals surface area contributed by atoms with E-state index in [2.05, 4.69) is 42.7 Å². The molecule has 33 heavy (non-hydrogen) atoms. The van der Waals surface area contributed by atoms with Crippen LogP contribution >= 0.6 is 11.8 Å². The quantitative estimate of drug-likeness (QED) is 0.393. The normalized spacial score (nSPS) is 20.6. The fraction of sp³-hybridized carbons (Fsp3) is 0.500. The van der Waals surface area contributed by atoms with Crippen LogP contribution in [0, 0.1) is 12.8 Å². The third-order valence-corrected chi connectivity index (χ3v) is 9.91. The predicted molar refractivity (Wildman–Crippen MR) is 135 cm³/mol. The Morgan fingerprint density at radius 3 is 2.64 bits per heavy atom. The second-order valence-corrected chi connectivity index (χ2v) is 12.6. The van der Waals surface area contributed by atoms with Crippen LogP contribution < -0.4 is 0 Å². The van der Waals surface area contributed by atoms with Gasteiger partial charge in [0.2, 0.25) is 10.0 Å². The van der Waals surface area contributed by atoms with Crippen molar-refractivity contribution in [3.05, 3.63) is 53.6 Å². The number of rotatable bonds is 6. The summed E-state index contributed by atoms with van der Waals surface area (Å²) in [5, 5.41) is 1.000. The smallest absolute Gasteiger partial charge is 0.243 e. The zero-order valence-corrected chi connectivity index (χ0v) is 21.2. The first kappa shape index (κ1) is 22.9. The van der Waals surface area contributed by atoms with Crippen LogP contribution in [-0.4, -0.2) is 35.4 Å². The highest BCUT2D eigenvalue weighted by molar-refractivity contribution is 7.98. The van der Waals surface area contributed by atoms with Gasteiger partial charge in [0.25, 0.3) is 0 Å². The summed E-state index contributed by atoms with van der Waals surface area (Å²) in [5.74, 6) is 1.26. The fourth-order valence-corrected chi connectivity index (χ4v) is 7.94. The van der Waals surface area contributed by atoms with Gasteiger partial charge >= 0.3 is 0 Å². The van der Waals surface area contributed by atoms with E-state index in [4.69, 9.17) is 4.98 Å². The maximum atomic E-state index is 13.4. The minimum atomic E-state index is -3.49. The minimum Gasteiger partial charge on any atom is -0.316 e. The summed E-state index contributed by atoms with van der Waals surface area (Å²) >= 11 is 1.76. The van der Waals surface area contributed by atoms with Crippen molar-refractivity contribution in [1.82, 2.24) is 13.9 Å². The summed E-state index contributed by atoms with van der Waals surface area (Å²) in [6, 6.07) is 14.6. The Bertz CT molecular complexity index is 1250. The lowest BCUT2D eigenvalue weighted by molar-refractivity contribution is 0.281. The van der Waals surface area contributed by atoms with Crippen molar-refractivity contribution in [1.29, 1.82) is 0 Å². The number of imidazole rings is 1. The van der Waals surface area contributed by atoms with Gasteiger partial charge in [0.15, 0.2) is 5.16 Å². The van der Waals surface area contributed by atoms with E-state index >= 15 is 0 Å². The van der Waals surface area contributed by atoms with Gasteiger partial charge in [-0.1, -0.05) is 61.4 Å². The Morgan fingerprint density at radius 1 is 1.06 bits per heavy atom. The number of hydrogen-bond donors (Lipinski definition) is 0. The molecule has 2 aromatic carbocycles. The molecule has 2 aliphatic rings. The lowest BCUT2D eigenvalue weighted by Crippen LogP contribution is -2.39. The first-order chi connectivity index (χ1) is 15.9. The number of benzene rings is 2. The molecule has 2 fully saturated rings. The van der Waals surface area contributed by atoms with E-state index < -0.39 is 10.0 Å². The Labute approximate surface area is 201 Å². The molecular formula is C26H33N3O2S2. The van der Waals surface area contributed by atoms with Crippen LogP contribution in [0.15, 0.2) is 52.5 Å². The molecule has 7 heteroatoms. The molecule has 176 valence electrons.